The Morgan fingerprint density at radius 2 is 1.15 bits per heavy atom. The highest BCUT2D eigenvalue weighted by molar-refractivity contribution is 14.1. The van der Waals surface area contributed by atoms with Gasteiger partial charge in [-0.1, -0.05) is 266 Å². The molecule has 0 aliphatic carbocycles. The number of carbonyl (C=O) groups excluding carboxylic acids is 3. The number of nitrogens with one attached hydrogen (secondary N) is 2. The number of thiazole rings is 1. The second kappa shape index (κ2) is 25.9. The molecule has 3 aliphatic rings. The minimum atomic E-state index is -1.38. The molecular formula is C71H57IN6O5S3. The van der Waals surface area contributed by atoms with E-state index < -0.39 is 49.3 Å². The summed E-state index contributed by atoms with van der Waals surface area (Å²) in [5.41, 5.74) is 5.11. The lowest BCUT2D eigenvalue weighted by Crippen LogP contribution is -2.71. The first-order valence-electron chi connectivity index (χ1n) is 27.9. The van der Waals surface area contributed by atoms with Crippen molar-refractivity contribution >= 4 is 86.1 Å². The fourth-order valence-corrected chi connectivity index (χ4v) is 14.7. The number of rotatable bonds is 20. The Hall–Kier alpha value is -8.74. The molecule has 2 unspecified atom stereocenters. The maximum absolute atomic E-state index is 15.6. The van der Waals surface area contributed by atoms with E-state index in [1.54, 1.807) is 17.1 Å². The molecule has 1 fully saturated rings. The van der Waals surface area contributed by atoms with Crippen LogP contribution >= 0.6 is 57.5 Å². The number of likely N-dealkylation sites (N-methyl/N-ethyl adjacent to an activating group) is 1. The van der Waals surface area contributed by atoms with Crippen molar-refractivity contribution in [3.8, 4) is 0 Å². The Balaban J connectivity index is 0.935. The number of halogens is 1. The lowest BCUT2D eigenvalue weighted by atomic mass is 9.77. The Labute approximate surface area is 526 Å². The molecule has 3 aliphatic heterocycles. The van der Waals surface area contributed by atoms with Crippen molar-refractivity contribution in [2.45, 2.75) is 31.5 Å². The van der Waals surface area contributed by atoms with Gasteiger partial charge in [0.25, 0.3) is 11.8 Å². The van der Waals surface area contributed by atoms with Crippen LogP contribution in [0.15, 0.2) is 300 Å². The number of hydrogen-bond acceptors (Lipinski definition) is 12. The van der Waals surface area contributed by atoms with Crippen molar-refractivity contribution in [2.24, 2.45) is 5.16 Å². The summed E-state index contributed by atoms with van der Waals surface area (Å²) >= 11 is 6.71. The molecule has 12 rings (SSSR count). The van der Waals surface area contributed by atoms with E-state index in [1.165, 1.54) is 28.0 Å². The fourth-order valence-electron chi connectivity index (χ4n) is 11.0. The van der Waals surface area contributed by atoms with Crippen molar-refractivity contribution in [3.63, 3.8) is 0 Å². The Bertz CT molecular complexity index is 3760. The van der Waals surface area contributed by atoms with Crippen LogP contribution in [0.4, 0.5) is 5.13 Å². The molecule has 0 spiro atoms. The number of fused-ring (bicyclic) bond motifs is 1. The molecular weight excluding hydrogens is 1240 g/mol. The maximum atomic E-state index is 15.6. The monoisotopic (exact) mass is 1300 g/mol. The number of ether oxygens (including phenoxy) is 1. The molecule has 1 saturated heterocycles. The lowest BCUT2D eigenvalue weighted by molar-refractivity contribution is -0.154. The second-order valence-electron chi connectivity index (χ2n) is 20.5. The van der Waals surface area contributed by atoms with Gasteiger partial charge in [0.05, 0.1) is 0 Å². The van der Waals surface area contributed by atoms with Gasteiger partial charge in [-0.3, -0.25) is 14.5 Å². The maximum Gasteiger partial charge on any atom is 0.356 e. The highest BCUT2D eigenvalue weighted by atomic mass is 127. The molecule has 15 heteroatoms. The molecule has 0 saturated carbocycles. The number of thioether (sulfide) groups is 2. The number of oxime groups is 1. The molecule has 11 nitrogen and oxygen atoms in total. The normalized spacial score (nSPS) is 17.7. The van der Waals surface area contributed by atoms with Crippen molar-refractivity contribution < 1.29 is 24.0 Å². The third-order valence-electron chi connectivity index (χ3n) is 15.3. The van der Waals surface area contributed by atoms with Crippen LogP contribution in [-0.2, 0) is 35.1 Å². The van der Waals surface area contributed by atoms with E-state index in [0.29, 0.717) is 16.5 Å². The molecule has 86 heavy (non-hydrogen) atoms. The Kier molecular flexibility index (Phi) is 17.3. The van der Waals surface area contributed by atoms with Crippen LogP contribution < -0.4 is 10.6 Å². The van der Waals surface area contributed by atoms with E-state index in [9.17, 15) is 0 Å². The van der Waals surface area contributed by atoms with Crippen LogP contribution in [0.5, 0.6) is 0 Å². The Morgan fingerprint density at radius 1 is 0.686 bits per heavy atom. The predicted molar refractivity (Wildman–Crippen MR) is 354 cm³/mol. The first kappa shape index (κ1) is 57.7. The molecule has 426 valence electrons. The van der Waals surface area contributed by atoms with Crippen LogP contribution in [0.1, 0.15) is 56.3 Å². The average Bonchev–Trinajstić information content (AvgIpc) is 1.78. The predicted octanol–water partition coefficient (Wildman–Crippen LogP) is 14.6. The molecule has 3 atom stereocenters. The van der Waals surface area contributed by atoms with Gasteiger partial charge in [0, 0.05) is 41.1 Å². The first-order valence-corrected chi connectivity index (χ1v) is 31.8. The van der Waals surface area contributed by atoms with E-state index >= 15 is 14.4 Å². The summed E-state index contributed by atoms with van der Waals surface area (Å²) in [5, 5.41) is 15.4. The molecule has 0 radical (unpaired) electrons. The summed E-state index contributed by atoms with van der Waals surface area (Å²) in [6.45, 7) is 0. The highest BCUT2D eigenvalue weighted by Crippen LogP contribution is 2.46. The van der Waals surface area contributed by atoms with Crippen LogP contribution in [-0.4, -0.2) is 65.4 Å². The zero-order valence-corrected chi connectivity index (χ0v) is 51.1. The minimum Gasteiger partial charge on any atom is -0.448 e. The summed E-state index contributed by atoms with van der Waals surface area (Å²) in [6, 6.07) is 77.9. The van der Waals surface area contributed by atoms with Gasteiger partial charge in [-0.25, -0.2) is 9.78 Å². The number of β-lactam (4-membered cyclic amide) rings is 1. The van der Waals surface area contributed by atoms with Gasteiger partial charge < -0.3 is 25.1 Å². The fraction of sp³-hybridized carbons (Fsp3) is 0.113. The smallest absolute Gasteiger partial charge is 0.356 e. The summed E-state index contributed by atoms with van der Waals surface area (Å²) in [6.07, 6.45) is 9.19. The van der Waals surface area contributed by atoms with Crippen molar-refractivity contribution in [1.82, 2.24) is 20.1 Å². The number of esters is 1. The summed E-state index contributed by atoms with van der Waals surface area (Å²) < 4.78 is 6.09. The average molecular weight is 1300 g/mol. The number of carbonyl (C=O) groups is 3. The molecule has 9 aromatic rings. The van der Waals surface area contributed by atoms with Crippen molar-refractivity contribution in [3.05, 3.63) is 345 Å². The van der Waals surface area contributed by atoms with Crippen LogP contribution in [0.3, 0.4) is 0 Å². The molecule has 0 bridgehead atoms. The van der Waals surface area contributed by atoms with Crippen molar-refractivity contribution in [2.75, 3.05) is 18.1 Å². The van der Waals surface area contributed by atoms with E-state index in [-0.39, 0.29) is 17.1 Å². The number of amides is 2. The van der Waals surface area contributed by atoms with Crippen LogP contribution in [0, 0.1) is 0 Å². The largest absolute Gasteiger partial charge is 0.448 e. The number of alkyl halides is 1. The molecule has 2 amide bonds. The van der Waals surface area contributed by atoms with Gasteiger partial charge in [0.15, 0.2) is 19.8 Å². The van der Waals surface area contributed by atoms with Crippen molar-refractivity contribution in [1.29, 1.82) is 0 Å². The van der Waals surface area contributed by atoms with Gasteiger partial charge >= 0.3 is 5.97 Å². The zero-order valence-electron chi connectivity index (χ0n) is 46.5. The third kappa shape index (κ3) is 11.6. The minimum absolute atomic E-state index is 0.109. The third-order valence-corrected chi connectivity index (χ3v) is 20.3. The summed E-state index contributed by atoms with van der Waals surface area (Å²) in [4.78, 5) is 61.7. The topological polar surface area (TPSA) is 125 Å². The molecule has 8 aromatic carbocycles. The molecule has 1 aromatic heterocycles. The summed E-state index contributed by atoms with van der Waals surface area (Å²) in [5.74, 6) is -1.55. The number of nitrogens with zero attached hydrogens (tertiary/aromatic N) is 4. The first-order chi connectivity index (χ1) is 42.2. The van der Waals surface area contributed by atoms with Gasteiger partial charge in [-0.2, -0.15) is 0 Å². The number of benzene rings is 8. The Morgan fingerprint density at radius 3 is 1.63 bits per heavy atom. The second-order valence-corrected chi connectivity index (χ2v) is 26.0. The van der Waals surface area contributed by atoms with Gasteiger partial charge in [-0.05, 0) is 79.6 Å². The van der Waals surface area contributed by atoms with Crippen LogP contribution in [0.2, 0.25) is 0 Å². The highest BCUT2D eigenvalue weighted by Gasteiger charge is 2.55. The van der Waals surface area contributed by atoms with E-state index in [4.69, 9.17) is 19.7 Å². The molecule has 2 N–H and O–H groups in total. The molecule has 4 heterocycles. The standard InChI is InChI=1S/C71H57IN6O5S3/c1-77-46-27-26-45-69(77,72)86-47-44-52-48-84-66-61(65(80)78(66)62(52)67(81)82-63(50-28-10-2-11-29-50)51-30-12-3-13-31-51)74-64(79)60(76-83-71(56-38-20-7-21-39-56,57-40-22-8-23-41-57)58-42-24-9-25-43-58)59-49-85-68(73-59)75-70(53-32-14-4-15-33-53,54-34-16-5-17-35-54)55-36-18-6-19-37-55/h2-47,49,61,63,66H,48H2,1H3,(H,73,75)(H,74,79)/t61?,66-,69?/m1/s1. The van der Waals surface area contributed by atoms with Gasteiger partial charge in [-0.15, -0.1) is 23.1 Å². The quantitative estimate of drug-likeness (QED) is 0.0111. The number of allylic oxidation sites excluding steroid dienone is 3. The SMILES string of the molecule is CN1C=CC=CC1(I)SC=CC1=C(C(=O)OC(c2ccccc2)c2ccccc2)N2C(=O)C(NC(=O)C(=NOC(c3ccccc3)(c3ccccc3)c3ccccc3)c3csc(NC(c4ccccc4)(c4ccccc4)c4ccccc4)n3)[C@H]2SC1. The summed E-state index contributed by atoms with van der Waals surface area (Å²) in [7, 11) is 2.00. The van der Waals surface area contributed by atoms with Crippen LogP contribution in [0.25, 0.3) is 0 Å². The zero-order chi connectivity index (χ0) is 58.9. The number of aromatic nitrogens is 1. The van der Waals surface area contributed by atoms with E-state index in [0.717, 1.165) is 44.5 Å². The lowest BCUT2D eigenvalue weighted by Gasteiger charge is -2.49. The van der Waals surface area contributed by atoms with Gasteiger partial charge in [0.2, 0.25) is 5.60 Å². The number of anilines is 1. The van der Waals surface area contributed by atoms with E-state index in [1.807, 2.05) is 243 Å². The van der Waals surface area contributed by atoms with Gasteiger partial charge in [0.1, 0.15) is 28.3 Å². The number of hydrogen-bond donors (Lipinski definition) is 2. The van der Waals surface area contributed by atoms with E-state index in [2.05, 4.69) is 80.6 Å².